The van der Waals surface area contributed by atoms with Gasteiger partial charge in [-0.05, 0) is 36.2 Å². The Bertz CT molecular complexity index is 651. The predicted octanol–water partition coefficient (Wildman–Crippen LogP) is 4.71. The van der Waals surface area contributed by atoms with Gasteiger partial charge in [-0.15, -0.1) is 0 Å². The zero-order valence-electron chi connectivity index (χ0n) is 11.1. The molecule has 0 saturated carbocycles. The van der Waals surface area contributed by atoms with Crippen LogP contribution in [-0.2, 0) is 6.42 Å². The first-order valence-electron chi connectivity index (χ1n) is 6.71. The minimum atomic E-state index is 1.03. The van der Waals surface area contributed by atoms with Crippen LogP contribution in [-0.4, -0.2) is 4.57 Å². The maximum Gasteiger partial charge on any atom is 0.0531 e. The number of hydrogen-bond acceptors (Lipinski definition) is 0. The molecule has 3 rings (SSSR count). The second-order valence-electron chi connectivity index (χ2n) is 4.60. The van der Waals surface area contributed by atoms with Gasteiger partial charge in [-0.1, -0.05) is 55.5 Å². The Morgan fingerprint density at radius 2 is 1.37 bits per heavy atom. The van der Waals surface area contributed by atoms with Crippen molar-refractivity contribution >= 4 is 0 Å². The molecule has 0 aliphatic rings. The lowest BCUT2D eigenvalue weighted by molar-refractivity contribution is 0.943. The van der Waals surface area contributed by atoms with E-state index in [0.29, 0.717) is 0 Å². The number of aromatic nitrogens is 1. The van der Waals surface area contributed by atoms with Crippen molar-refractivity contribution in [1.82, 2.24) is 4.57 Å². The van der Waals surface area contributed by atoms with Gasteiger partial charge in [0.1, 0.15) is 0 Å². The Morgan fingerprint density at radius 1 is 0.737 bits per heavy atom. The average molecular weight is 247 g/mol. The summed E-state index contributed by atoms with van der Waals surface area (Å²) < 4.78 is 2.34. The fourth-order valence-electron chi connectivity index (χ4n) is 2.47. The molecule has 1 nitrogen and oxygen atoms in total. The van der Waals surface area contributed by atoms with E-state index in [1.807, 2.05) is 0 Å². The van der Waals surface area contributed by atoms with E-state index in [2.05, 4.69) is 84.3 Å². The molecule has 0 spiro atoms. The van der Waals surface area contributed by atoms with E-state index < -0.39 is 0 Å². The molecule has 2 aromatic carbocycles. The summed E-state index contributed by atoms with van der Waals surface area (Å²) in [6, 6.07) is 25.5. The van der Waals surface area contributed by atoms with E-state index in [4.69, 9.17) is 0 Å². The van der Waals surface area contributed by atoms with Crippen molar-refractivity contribution in [3.05, 3.63) is 78.5 Å². The summed E-state index contributed by atoms with van der Waals surface area (Å²) >= 11 is 0. The zero-order valence-corrected chi connectivity index (χ0v) is 11.1. The van der Waals surface area contributed by atoms with E-state index in [-0.39, 0.29) is 0 Å². The number of benzene rings is 2. The van der Waals surface area contributed by atoms with Gasteiger partial charge in [0.05, 0.1) is 5.69 Å². The molecule has 0 aliphatic carbocycles. The Morgan fingerprint density at radius 3 is 2.00 bits per heavy atom. The normalized spacial score (nSPS) is 10.6. The van der Waals surface area contributed by atoms with Crippen LogP contribution in [0.1, 0.15) is 12.6 Å². The highest BCUT2D eigenvalue weighted by Gasteiger charge is 2.09. The van der Waals surface area contributed by atoms with E-state index in [1.54, 1.807) is 0 Å². The molecule has 0 unspecified atom stereocenters. The topological polar surface area (TPSA) is 4.93 Å². The average Bonchev–Trinajstić information content (AvgIpc) is 2.93. The van der Waals surface area contributed by atoms with Gasteiger partial charge < -0.3 is 4.57 Å². The summed E-state index contributed by atoms with van der Waals surface area (Å²) in [4.78, 5) is 0. The molecular weight excluding hydrogens is 230 g/mol. The van der Waals surface area contributed by atoms with Crippen molar-refractivity contribution in [3.8, 4) is 16.9 Å². The molecule has 0 atom stereocenters. The molecule has 0 radical (unpaired) electrons. The Balaban J connectivity index is 2.20. The summed E-state index contributed by atoms with van der Waals surface area (Å²) in [6.45, 7) is 2.20. The third-order valence-corrected chi connectivity index (χ3v) is 3.41. The molecule has 1 heteroatoms. The highest BCUT2D eigenvalue weighted by Crippen LogP contribution is 2.26. The standard InChI is InChI=1S/C18H17N/c1-2-16-13-14-18(15-9-5-3-6-10-15)19(16)17-11-7-4-8-12-17/h3-14H,2H2,1H3. The summed E-state index contributed by atoms with van der Waals surface area (Å²) in [5.74, 6) is 0. The maximum absolute atomic E-state index is 2.34. The van der Waals surface area contributed by atoms with Crippen molar-refractivity contribution in [2.75, 3.05) is 0 Å². The molecule has 94 valence electrons. The molecule has 0 saturated heterocycles. The number of nitrogens with zero attached hydrogens (tertiary/aromatic N) is 1. The highest BCUT2D eigenvalue weighted by molar-refractivity contribution is 5.64. The van der Waals surface area contributed by atoms with Crippen LogP contribution in [0.2, 0.25) is 0 Å². The van der Waals surface area contributed by atoms with Crippen LogP contribution in [0.5, 0.6) is 0 Å². The van der Waals surface area contributed by atoms with Gasteiger partial charge in [0.2, 0.25) is 0 Å². The quantitative estimate of drug-likeness (QED) is 0.632. The largest absolute Gasteiger partial charge is 0.314 e. The first kappa shape index (κ1) is 11.8. The summed E-state index contributed by atoms with van der Waals surface area (Å²) in [7, 11) is 0. The number of rotatable bonds is 3. The van der Waals surface area contributed by atoms with Crippen molar-refractivity contribution in [3.63, 3.8) is 0 Å². The lowest BCUT2D eigenvalue weighted by Crippen LogP contribution is -2.00. The van der Waals surface area contributed by atoms with Gasteiger partial charge in [0.25, 0.3) is 0 Å². The Labute approximate surface area is 114 Å². The SMILES string of the molecule is CCc1ccc(-c2ccccc2)n1-c1ccccc1. The molecule has 0 fully saturated rings. The van der Waals surface area contributed by atoms with Crippen LogP contribution >= 0.6 is 0 Å². The van der Waals surface area contributed by atoms with Crippen LogP contribution in [0.4, 0.5) is 0 Å². The smallest absolute Gasteiger partial charge is 0.0531 e. The molecule has 0 bridgehead atoms. The molecule has 3 aromatic rings. The molecule has 1 heterocycles. The molecule has 0 aliphatic heterocycles. The fraction of sp³-hybridized carbons (Fsp3) is 0.111. The van der Waals surface area contributed by atoms with Gasteiger partial charge in [-0.25, -0.2) is 0 Å². The summed E-state index contributed by atoms with van der Waals surface area (Å²) in [5, 5.41) is 0. The van der Waals surface area contributed by atoms with Gasteiger partial charge in [0, 0.05) is 11.4 Å². The number of para-hydroxylation sites is 1. The molecular formula is C18H17N. The first-order chi connectivity index (χ1) is 9.40. The summed E-state index contributed by atoms with van der Waals surface area (Å²) in [5.41, 5.74) is 5.07. The monoisotopic (exact) mass is 247 g/mol. The molecule has 0 amide bonds. The Hall–Kier alpha value is -2.28. The van der Waals surface area contributed by atoms with Crippen LogP contribution in [0, 0.1) is 0 Å². The van der Waals surface area contributed by atoms with Gasteiger partial charge >= 0.3 is 0 Å². The van der Waals surface area contributed by atoms with Gasteiger partial charge in [-0.3, -0.25) is 0 Å². The summed E-state index contributed by atoms with van der Waals surface area (Å²) in [6.07, 6.45) is 1.03. The highest BCUT2D eigenvalue weighted by atomic mass is 15.0. The van der Waals surface area contributed by atoms with E-state index >= 15 is 0 Å². The van der Waals surface area contributed by atoms with Gasteiger partial charge in [-0.2, -0.15) is 0 Å². The third kappa shape index (κ3) is 2.19. The lowest BCUT2D eigenvalue weighted by atomic mass is 10.1. The minimum Gasteiger partial charge on any atom is -0.314 e. The van der Waals surface area contributed by atoms with Gasteiger partial charge in [0.15, 0.2) is 0 Å². The van der Waals surface area contributed by atoms with Crippen LogP contribution in [0.25, 0.3) is 16.9 Å². The van der Waals surface area contributed by atoms with Crippen molar-refractivity contribution in [1.29, 1.82) is 0 Å². The number of hydrogen-bond donors (Lipinski definition) is 0. The third-order valence-electron chi connectivity index (χ3n) is 3.41. The van der Waals surface area contributed by atoms with E-state index in [9.17, 15) is 0 Å². The van der Waals surface area contributed by atoms with Crippen molar-refractivity contribution in [2.45, 2.75) is 13.3 Å². The zero-order chi connectivity index (χ0) is 13.1. The van der Waals surface area contributed by atoms with Crippen molar-refractivity contribution < 1.29 is 0 Å². The fourth-order valence-corrected chi connectivity index (χ4v) is 2.47. The predicted molar refractivity (Wildman–Crippen MR) is 80.6 cm³/mol. The Kier molecular flexibility index (Phi) is 3.20. The second kappa shape index (κ2) is 5.15. The van der Waals surface area contributed by atoms with Crippen LogP contribution in [0.15, 0.2) is 72.8 Å². The van der Waals surface area contributed by atoms with Crippen molar-refractivity contribution in [2.24, 2.45) is 0 Å². The van der Waals surface area contributed by atoms with E-state index in [0.717, 1.165) is 6.42 Å². The molecule has 1 aromatic heterocycles. The number of aryl methyl sites for hydroxylation is 1. The molecule has 19 heavy (non-hydrogen) atoms. The first-order valence-corrected chi connectivity index (χ1v) is 6.71. The maximum atomic E-state index is 2.34. The molecule has 0 N–H and O–H groups in total. The van der Waals surface area contributed by atoms with E-state index in [1.165, 1.54) is 22.6 Å². The van der Waals surface area contributed by atoms with Crippen LogP contribution < -0.4 is 0 Å². The van der Waals surface area contributed by atoms with Crippen LogP contribution in [0.3, 0.4) is 0 Å². The second-order valence-corrected chi connectivity index (χ2v) is 4.60. The minimum absolute atomic E-state index is 1.03. The lowest BCUT2D eigenvalue weighted by Gasteiger charge is -2.13.